The summed E-state index contributed by atoms with van der Waals surface area (Å²) in [7, 11) is -4.12. The zero-order valence-electron chi connectivity index (χ0n) is 17.9. The molecule has 0 rings (SSSR count). The summed E-state index contributed by atoms with van der Waals surface area (Å²) in [4.78, 5) is 0. The number of unbranched alkanes of at least 4 members (excludes halogenated alkanes) is 14. The van der Waals surface area contributed by atoms with Gasteiger partial charge in [0.25, 0.3) is 0 Å². The molecule has 1 atom stereocenters. The summed E-state index contributed by atoms with van der Waals surface area (Å²) in [5.74, 6) is 0. The van der Waals surface area contributed by atoms with Gasteiger partial charge >= 0.3 is 51.4 Å². The van der Waals surface area contributed by atoms with E-state index in [1.165, 1.54) is 77.0 Å². The van der Waals surface area contributed by atoms with Crippen LogP contribution in [-0.2, 0) is 10.1 Å². The molecule has 0 saturated carbocycles. The van der Waals surface area contributed by atoms with Crippen LogP contribution in [0.25, 0.3) is 0 Å². The van der Waals surface area contributed by atoms with Gasteiger partial charge in [-0.2, -0.15) is 0 Å². The van der Waals surface area contributed by atoms with Gasteiger partial charge in [-0.05, 0) is 12.8 Å². The van der Waals surface area contributed by atoms with Crippen LogP contribution in [0.5, 0.6) is 0 Å². The van der Waals surface area contributed by atoms with Gasteiger partial charge in [0, 0.05) is 5.25 Å². The smallest absolute Gasteiger partial charge is 0.748 e. The fourth-order valence-corrected chi connectivity index (χ4v) is 4.36. The average molecular weight is 415 g/mol. The Morgan fingerprint density at radius 1 is 0.577 bits per heavy atom. The molecule has 3 nitrogen and oxygen atoms in total. The summed E-state index contributed by atoms with van der Waals surface area (Å²) in [6.45, 7) is 4.43. The minimum Gasteiger partial charge on any atom is -0.748 e. The van der Waals surface area contributed by atoms with Crippen molar-refractivity contribution in [2.45, 2.75) is 135 Å². The Morgan fingerprint density at radius 3 is 1.12 bits per heavy atom. The maximum atomic E-state index is 11.4. The second kappa shape index (κ2) is 21.3. The van der Waals surface area contributed by atoms with Gasteiger partial charge < -0.3 is 4.55 Å². The SMILES string of the molecule is CCCCCCCCCCCC(CCCCCCCCC)S(=O)(=O)[O-].[K+]. The van der Waals surface area contributed by atoms with Crippen molar-refractivity contribution in [1.82, 2.24) is 0 Å². The minimum absolute atomic E-state index is 0. The van der Waals surface area contributed by atoms with Crippen LogP contribution in [0.1, 0.15) is 129 Å². The third-order valence-electron chi connectivity index (χ3n) is 5.17. The summed E-state index contributed by atoms with van der Waals surface area (Å²) in [6.07, 6.45) is 20.2. The quantitative estimate of drug-likeness (QED) is 0.183. The maximum Gasteiger partial charge on any atom is 1.00 e. The molecule has 0 aliphatic heterocycles. The van der Waals surface area contributed by atoms with E-state index in [4.69, 9.17) is 0 Å². The van der Waals surface area contributed by atoms with Crippen molar-refractivity contribution in [2.24, 2.45) is 0 Å². The Bertz CT molecular complexity index is 371. The monoisotopic (exact) mass is 414 g/mol. The van der Waals surface area contributed by atoms with E-state index in [2.05, 4.69) is 13.8 Å². The molecule has 0 bridgehead atoms. The molecule has 0 aromatic rings. The maximum absolute atomic E-state index is 11.4. The Kier molecular flexibility index (Phi) is 24.3. The van der Waals surface area contributed by atoms with Gasteiger partial charge in [0.1, 0.15) is 0 Å². The first-order chi connectivity index (χ1) is 12.0. The molecule has 0 aromatic carbocycles. The number of rotatable bonds is 19. The predicted molar refractivity (Wildman–Crippen MR) is 108 cm³/mol. The van der Waals surface area contributed by atoms with Crippen molar-refractivity contribution in [2.75, 3.05) is 0 Å². The van der Waals surface area contributed by atoms with Crippen molar-refractivity contribution < 1.29 is 64.4 Å². The van der Waals surface area contributed by atoms with E-state index < -0.39 is 15.4 Å². The van der Waals surface area contributed by atoms with Crippen LogP contribution in [-0.4, -0.2) is 18.2 Å². The summed E-state index contributed by atoms with van der Waals surface area (Å²) in [5.41, 5.74) is 0. The molecule has 0 aliphatic rings. The Labute approximate surface area is 207 Å². The van der Waals surface area contributed by atoms with Crippen molar-refractivity contribution in [3.8, 4) is 0 Å². The standard InChI is InChI=1S/C21H44O3S.K/c1-3-5-7-9-11-12-14-16-18-20-21(25(22,23)24)19-17-15-13-10-8-6-4-2;/h21H,3-20H2,1-2H3,(H,22,23,24);/q;+1/p-1. The number of hydrogen-bond acceptors (Lipinski definition) is 3. The fraction of sp³-hybridized carbons (Fsp3) is 1.00. The van der Waals surface area contributed by atoms with E-state index >= 15 is 0 Å². The van der Waals surface area contributed by atoms with Crippen LogP contribution in [0.3, 0.4) is 0 Å². The molecule has 0 radical (unpaired) electrons. The van der Waals surface area contributed by atoms with E-state index in [-0.39, 0.29) is 51.4 Å². The van der Waals surface area contributed by atoms with Crippen LogP contribution in [0.15, 0.2) is 0 Å². The van der Waals surface area contributed by atoms with E-state index in [9.17, 15) is 13.0 Å². The molecule has 0 aromatic heterocycles. The minimum atomic E-state index is -4.12. The van der Waals surface area contributed by atoms with E-state index in [1.807, 2.05) is 0 Å². The average Bonchev–Trinajstić information content (AvgIpc) is 2.56. The Morgan fingerprint density at radius 2 is 0.846 bits per heavy atom. The predicted octanol–water partition coefficient (Wildman–Crippen LogP) is 3.97. The van der Waals surface area contributed by atoms with Gasteiger partial charge in [0.15, 0.2) is 0 Å². The van der Waals surface area contributed by atoms with Gasteiger partial charge in [-0.15, -0.1) is 0 Å². The normalized spacial score (nSPS) is 12.7. The zero-order valence-corrected chi connectivity index (χ0v) is 21.9. The van der Waals surface area contributed by atoms with Gasteiger partial charge in [-0.25, -0.2) is 8.42 Å². The van der Waals surface area contributed by atoms with E-state index in [0.717, 1.165) is 25.7 Å². The summed E-state index contributed by atoms with van der Waals surface area (Å²) >= 11 is 0. The van der Waals surface area contributed by atoms with Crippen LogP contribution in [0, 0.1) is 0 Å². The summed E-state index contributed by atoms with van der Waals surface area (Å²) in [5, 5.41) is -0.646. The molecule has 0 heterocycles. The zero-order chi connectivity index (χ0) is 18.8. The van der Waals surface area contributed by atoms with Crippen LogP contribution < -0.4 is 51.4 Å². The van der Waals surface area contributed by atoms with Gasteiger partial charge in [0.2, 0.25) is 0 Å². The fourth-order valence-electron chi connectivity index (χ4n) is 3.44. The molecule has 0 spiro atoms. The molecule has 1 unspecified atom stereocenters. The van der Waals surface area contributed by atoms with Crippen molar-refractivity contribution >= 4 is 10.1 Å². The third-order valence-corrected chi connectivity index (χ3v) is 6.46. The molecule has 0 aliphatic carbocycles. The van der Waals surface area contributed by atoms with Crippen LogP contribution in [0.4, 0.5) is 0 Å². The second-order valence-corrected chi connectivity index (χ2v) is 9.29. The van der Waals surface area contributed by atoms with Crippen LogP contribution >= 0.6 is 0 Å². The molecule has 26 heavy (non-hydrogen) atoms. The van der Waals surface area contributed by atoms with E-state index in [1.54, 1.807) is 0 Å². The Balaban J connectivity index is 0. The second-order valence-electron chi connectivity index (χ2n) is 7.64. The van der Waals surface area contributed by atoms with Crippen molar-refractivity contribution in [3.63, 3.8) is 0 Å². The molecule has 152 valence electrons. The van der Waals surface area contributed by atoms with Gasteiger partial charge in [0.05, 0.1) is 10.1 Å². The molecule has 5 heteroatoms. The largest absolute Gasteiger partial charge is 1.00 e. The van der Waals surface area contributed by atoms with Gasteiger partial charge in [-0.1, -0.05) is 117 Å². The first kappa shape index (κ1) is 29.7. The molecule has 0 saturated heterocycles. The molecule has 0 N–H and O–H groups in total. The summed E-state index contributed by atoms with van der Waals surface area (Å²) < 4.78 is 34.3. The molecular weight excluding hydrogens is 371 g/mol. The number of hydrogen-bond donors (Lipinski definition) is 0. The van der Waals surface area contributed by atoms with Gasteiger partial charge in [-0.3, -0.25) is 0 Å². The van der Waals surface area contributed by atoms with Crippen molar-refractivity contribution in [1.29, 1.82) is 0 Å². The molecule has 0 fully saturated rings. The topological polar surface area (TPSA) is 57.2 Å². The van der Waals surface area contributed by atoms with E-state index in [0.29, 0.717) is 12.8 Å². The first-order valence-electron chi connectivity index (χ1n) is 11.0. The van der Waals surface area contributed by atoms with Crippen LogP contribution in [0.2, 0.25) is 0 Å². The Hall–Kier alpha value is 1.55. The molecular formula is C21H43KO3S. The first-order valence-corrected chi connectivity index (χ1v) is 12.4. The summed E-state index contributed by atoms with van der Waals surface area (Å²) in [6, 6.07) is 0. The third kappa shape index (κ3) is 20.3. The molecule has 0 amide bonds. The van der Waals surface area contributed by atoms with Crippen molar-refractivity contribution in [3.05, 3.63) is 0 Å².